The summed E-state index contributed by atoms with van der Waals surface area (Å²) in [6.45, 7) is -1.81. The first-order chi connectivity index (χ1) is 28.3. The fourth-order valence-electron chi connectivity index (χ4n) is 5.29. The zero-order valence-electron chi connectivity index (χ0n) is 31.9. The number of fused-ring (bicyclic) bond motifs is 2. The van der Waals surface area contributed by atoms with Crippen LogP contribution in [-0.2, 0) is 63.2 Å². The van der Waals surface area contributed by atoms with E-state index in [2.05, 4.69) is 56.2 Å². The van der Waals surface area contributed by atoms with Gasteiger partial charge in [-0.1, -0.05) is 12.2 Å². The van der Waals surface area contributed by atoms with Gasteiger partial charge in [-0.15, -0.1) is 0 Å². The molecule has 2 aliphatic rings. The molecule has 44 heteroatoms. The first-order valence-electron chi connectivity index (χ1n) is 16.0. The van der Waals surface area contributed by atoms with Gasteiger partial charge < -0.3 is 70.3 Å². The van der Waals surface area contributed by atoms with E-state index in [4.69, 9.17) is 50.3 Å². The summed E-state index contributed by atoms with van der Waals surface area (Å²) in [5.41, 5.74) is 9.62. The molecule has 0 bridgehead atoms. The topological polar surface area (TPSA) is 563 Å². The summed E-state index contributed by atoms with van der Waals surface area (Å²) < 4.78 is 104. The molecule has 6 rings (SSSR count). The van der Waals surface area contributed by atoms with Gasteiger partial charge in [0.05, 0.1) is 38.1 Å². The first-order valence-corrected chi connectivity index (χ1v) is 25.0. The molecule has 64 heavy (non-hydrogen) atoms. The van der Waals surface area contributed by atoms with E-state index in [1.54, 1.807) is 0 Å². The molecule has 348 valence electrons. The quantitative estimate of drug-likeness (QED) is 0.0366. The van der Waals surface area contributed by atoms with Crippen LogP contribution in [0.2, 0.25) is 0 Å². The van der Waals surface area contributed by atoms with E-state index in [-0.39, 0.29) is 106 Å². The number of aromatic nitrogens is 8. The predicted octanol–water partition coefficient (Wildman–Crippen LogP) is -9.87. The molecule has 2 saturated heterocycles. The van der Waals surface area contributed by atoms with Gasteiger partial charge in [0.1, 0.15) is 12.5 Å². The standard InChI is InChI=1S/2C10H15N5O13P3.2Na/c2*11-10-13-8-7(9(17)14-10)12-3-15(8)6-1-4(16)5(26-6)2-25-30(21,22)28-31(23,24)27-29(18,19)20;;/h2*3-6H,1-2H2,(H,21,22)(H,23,24)(H2,18,19,20)(H3,11,13,14,17);;/q2*-1;2*+1/t2*4-,5+,6+;;/m00../s1. The van der Waals surface area contributed by atoms with Gasteiger partial charge in [-0.25, -0.2) is 37.4 Å². The molecule has 2 fully saturated rings. The van der Waals surface area contributed by atoms with Gasteiger partial charge in [-0.05, 0) is 12.8 Å². The zero-order valence-corrected chi connectivity index (χ0v) is 41.3. The van der Waals surface area contributed by atoms with Crippen LogP contribution in [0.5, 0.6) is 0 Å². The Labute approximate surface area is 397 Å². The van der Waals surface area contributed by atoms with Crippen LogP contribution in [0, 0.1) is 0 Å². The maximum Gasteiger partial charge on any atom is 1.00 e. The summed E-state index contributed by atoms with van der Waals surface area (Å²) in [4.78, 5) is 115. The van der Waals surface area contributed by atoms with Gasteiger partial charge in [-0.3, -0.25) is 37.7 Å². The van der Waals surface area contributed by atoms with E-state index < -0.39 is 108 Å². The molecule has 4 unspecified atom stereocenters. The fraction of sp³-hybridized carbons (Fsp3) is 0.500. The number of nitrogens with one attached hydrogen (secondary N) is 2. The maximum atomic E-state index is 12.2. The Morgan fingerprint density at radius 3 is 1.27 bits per heavy atom. The molecule has 2 aliphatic heterocycles. The molecule has 6 heterocycles. The first kappa shape index (κ1) is 57.3. The number of nitrogen functional groups attached to an aromatic ring is 2. The van der Waals surface area contributed by atoms with Crippen molar-refractivity contribution in [1.82, 2.24) is 39.0 Å². The number of anilines is 2. The molecule has 0 spiro atoms. The van der Waals surface area contributed by atoms with Crippen molar-refractivity contribution >= 4 is 81.2 Å². The summed E-state index contributed by atoms with van der Waals surface area (Å²) in [7, 11) is -33.3. The van der Waals surface area contributed by atoms with Crippen molar-refractivity contribution in [2.75, 3.05) is 24.7 Å². The number of nitrogens with zero attached hydrogens (tertiary/aromatic N) is 6. The second-order valence-electron chi connectivity index (χ2n) is 12.1. The van der Waals surface area contributed by atoms with Crippen molar-refractivity contribution in [2.24, 2.45) is 0 Å². The Balaban J connectivity index is 0.000000330. The van der Waals surface area contributed by atoms with Crippen molar-refractivity contribution in [3.05, 3.63) is 33.4 Å². The third-order valence-corrected chi connectivity index (χ3v) is 15.1. The minimum atomic E-state index is -5.69. The van der Waals surface area contributed by atoms with Gasteiger partial charge >= 0.3 is 106 Å². The molecule has 36 nitrogen and oxygen atoms in total. The van der Waals surface area contributed by atoms with Crippen LogP contribution in [0.1, 0.15) is 25.3 Å². The van der Waals surface area contributed by atoms with Crippen LogP contribution in [-0.4, -0.2) is 116 Å². The van der Waals surface area contributed by atoms with E-state index in [1.165, 1.54) is 21.8 Å². The Morgan fingerprint density at radius 2 is 0.953 bits per heavy atom. The SMILES string of the molecule is Nc1nc2c(ncn2[C@H]2C[C@H]([O-])[C@@H](COP(=O)(O)OP(=O)(O)OP(=O)(O)O)O2)c(=O)[nH]1.Nc1nc2c(ncn2[C@H]2C[C@H]([O-])[C@@H](COP(=O)(O)OP(=O)(O)OP(=O)(O)O)O2)c(=O)[nH]1.[Na+].[Na+]. The number of nitrogens with two attached hydrogens (primary N) is 2. The minimum absolute atomic E-state index is 0. The minimum Gasteiger partial charge on any atom is -0.850 e. The predicted molar refractivity (Wildman–Crippen MR) is 189 cm³/mol. The monoisotopic (exact) mass is 1060 g/mol. The van der Waals surface area contributed by atoms with Crippen LogP contribution in [0.4, 0.5) is 11.9 Å². The van der Waals surface area contributed by atoms with Crippen molar-refractivity contribution in [2.45, 2.75) is 49.7 Å². The van der Waals surface area contributed by atoms with Crippen molar-refractivity contribution < 1.29 is 172 Å². The molecule has 4 aromatic rings. The van der Waals surface area contributed by atoms with E-state index in [0.29, 0.717) is 0 Å². The second kappa shape index (κ2) is 21.7. The number of H-pyrrole nitrogens is 2. The van der Waals surface area contributed by atoms with Crippen LogP contribution < -0.4 is 91.9 Å². The molecule has 0 amide bonds. The van der Waals surface area contributed by atoms with Crippen LogP contribution in [0.3, 0.4) is 0 Å². The van der Waals surface area contributed by atoms with Gasteiger partial charge in [0.15, 0.2) is 22.3 Å². The number of aromatic amines is 2. The van der Waals surface area contributed by atoms with Gasteiger partial charge in [0, 0.05) is 0 Å². The Kier molecular flexibility index (Phi) is 19.4. The average Bonchev–Trinajstić information content (AvgIpc) is 3.85. The largest absolute Gasteiger partial charge is 1.00 e. The summed E-state index contributed by atoms with van der Waals surface area (Å²) in [6, 6.07) is 0. The Morgan fingerprint density at radius 1 is 0.625 bits per heavy atom. The summed E-state index contributed by atoms with van der Waals surface area (Å²) >= 11 is 0. The molecule has 0 aliphatic carbocycles. The number of ether oxygens (including phenoxy) is 2. The number of phosphoric ester groups is 2. The van der Waals surface area contributed by atoms with Gasteiger partial charge in [-0.2, -0.15) is 27.2 Å². The van der Waals surface area contributed by atoms with Gasteiger partial charge in [0.25, 0.3) is 11.1 Å². The molecule has 0 saturated carbocycles. The maximum absolute atomic E-state index is 12.2. The third kappa shape index (κ3) is 16.0. The zero-order chi connectivity index (χ0) is 46.4. The van der Waals surface area contributed by atoms with Crippen molar-refractivity contribution in [3.8, 4) is 0 Å². The molecule has 14 N–H and O–H groups in total. The number of hydrogen-bond donors (Lipinski definition) is 12. The van der Waals surface area contributed by atoms with Crippen LogP contribution >= 0.6 is 46.9 Å². The molecule has 0 radical (unpaired) electrons. The molecule has 10 atom stereocenters. The molecule has 0 aromatic carbocycles. The van der Waals surface area contributed by atoms with E-state index >= 15 is 0 Å². The number of imidazole rings is 2. The van der Waals surface area contributed by atoms with E-state index in [9.17, 15) is 57.0 Å². The van der Waals surface area contributed by atoms with E-state index in [0.717, 1.165) is 0 Å². The van der Waals surface area contributed by atoms with Crippen molar-refractivity contribution in [3.63, 3.8) is 0 Å². The fourth-order valence-corrected chi connectivity index (χ4v) is 11.4. The molecular formula is C20H30N10Na2O26P6. The van der Waals surface area contributed by atoms with Crippen molar-refractivity contribution in [1.29, 1.82) is 0 Å². The summed E-state index contributed by atoms with van der Waals surface area (Å²) in [6.07, 6.45) is -5.84. The Bertz CT molecular complexity index is 2540. The third-order valence-electron chi connectivity index (χ3n) is 7.52. The van der Waals surface area contributed by atoms with Gasteiger partial charge in [0.2, 0.25) is 11.9 Å². The van der Waals surface area contributed by atoms with E-state index in [1.807, 2.05) is 0 Å². The number of hydrogen-bond acceptors (Lipinski definition) is 24. The number of phosphoric acid groups is 6. The van der Waals surface area contributed by atoms with Crippen LogP contribution in [0.25, 0.3) is 22.3 Å². The normalized spacial score (nSPS) is 25.2. The number of rotatable bonds is 16. The molecule has 4 aromatic heterocycles. The second-order valence-corrected chi connectivity index (χ2v) is 21.0. The Hall–Kier alpha value is -1.04. The molecular weight excluding hydrogens is 1030 g/mol. The smallest absolute Gasteiger partial charge is 0.850 e. The average molecular weight is 1060 g/mol. The summed E-state index contributed by atoms with van der Waals surface area (Å²) in [5.74, 6) is -0.416. The summed E-state index contributed by atoms with van der Waals surface area (Å²) in [5, 5.41) is 24.5. The van der Waals surface area contributed by atoms with Crippen LogP contribution in [0.15, 0.2) is 22.2 Å².